The summed E-state index contributed by atoms with van der Waals surface area (Å²) in [5.41, 5.74) is 0. The second kappa shape index (κ2) is 7.24. The zero-order chi connectivity index (χ0) is 12.8. The Morgan fingerprint density at radius 3 is 2.72 bits per heavy atom. The fraction of sp³-hybridized carbons (Fsp3) is 0.714. The summed E-state index contributed by atoms with van der Waals surface area (Å²) in [6.07, 6.45) is 1.35. The first-order valence-corrected chi connectivity index (χ1v) is 7.73. The summed E-state index contributed by atoms with van der Waals surface area (Å²) in [6.45, 7) is 8.73. The van der Waals surface area contributed by atoms with Crippen molar-refractivity contribution < 1.29 is 4.74 Å². The van der Waals surface area contributed by atoms with Crippen molar-refractivity contribution in [2.75, 3.05) is 46.4 Å². The Labute approximate surface area is 114 Å². The van der Waals surface area contributed by atoms with Crippen LogP contribution in [0.5, 0.6) is 0 Å². The average Bonchev–Trinajstić information content (AvgIpc) is 2.90. The fourth-order valence-corrected chi connectivity index (χ4v) is 2.99. The van der Waals surface area contributed by atoms with Crippen LogP contribution in [0.15, 0.2) is 17.5 Å². The van der Waals surface area contributed by atoms with Gasteiger partial charge in [0.2, 0.25) is 0 Å². The number of likely N-dealkylation sites (N-methyl/N-ethyl adjacent to an activating group) is 1. The molecule has 1 aliphatic heterocycles. The highest BCUT2D eigenvalue weighted by Gasteiger charge is 2.20. The molecule has 102 valence electrons. The van der Waals surface area contributed by atoms with E-state index in [1.807, 2.05) is 11.3 Å². The maximum Gasteiger partial charge on any atom is 0.104 e. The van der Waals surface area contributed by atoms with Crippen molar-refractivity contribution in [3.63, 3.8) is 0 Å². The lowest BCUT2D eigenvalue weighted by Gasteiger charge is -2.34. The monoisotopic (exact) mass is 268 g/mol. The van der Waals surface area contributed by atoms with Crippen molar-refractivity contribution >= 4 is 11.3 Å². The van der Waals surface area contributed by atoms with E-state index in [2.05, 4.69) is 41.3 Å². The smallest absolute Gasteiger partial charge is 0.104 e. The molecule has 0 radical (unpaired) electrons. The summed E-state index contributed by atoms with van der Waals surface area (Å²) >= 11 is 1.81. The van der Waals surface area contributed by atoms with Crippen LogP contribution in [0.1, 0.15) is 24.3 Å². The minimum Gasteiger partial charge on any atom is -0.371 e. The predicted octanol–water partition coefficient (Wildman–Crippen LogP) is 2.46. The first kappa shape index (κ1) is 14.0. The topological polar surface area (TPSA) is 15.7 Å². The molecular formula is C14H24N2OS. The Hall–Kier alpha value is -0.420. The molecule has 0 saturated carbocycles. The Bertz CT molecular complexity index is 321. The van der Waals surface area contributed by atoms with E-state index in [1.54, 1.807) is 0 Å². The number of piperazine rings is 1. The first-order valence-electron chi connectivity index (χ1n) is 6.85. The predicted molar refractivity (Wildman–Crippen MR) is 77.2 cm³/mol. The molecule has 2 rings (SSSR count). The quantitative estimate of drug-likeness (QED) is 0.788. The van der Waals surface area contributed by atoms with Gasteiger partial charge in [-0.15, -0.1) is 11.3 Å². The lowest BCUT2D eigenvalue weighted by Crippen LogP contribution is -2.45. The van der Waals surface area contributed by atoms with Gasteiger partial charge in [-0.25, -0.2) is 0 Å². The molecule has 1 aliphatic rings. The second-order valence-electron chi connectivity index (χ2n) is 4.98. The molecule has 1 aromatic heterocycles. The number of hydrogen-bond acceptors (Lipinski definition) is 4. The van der Waals surface area contributed by atoms with Crippen molar-refractivity contribution in [1.82, 2.24) is 9.80 Å². The third kappa shape index (κ3) is 4.05. The third-order valence-corrected chi connectivity index (χ3v) is 4.37. The molecule has 18 heavy (non-hydrogen) atoms. The Kier molecular flexibility index (Phi) is 5.63. The molecule has 0 N–H and O–H groups in total. The van der Waals surface area contributed by atoms with E-state index in [0.717, 1.165) is 32.7 Å². The lowest BCUT2D eigenvalue weighted by atomic mass is 10.2. The van der Waals surface area contributed by atoms with Gasteiger partial charge >= 0.3 is 0 Å². The molecule has 0 aromatic carbocycles. The number of thiophene rings is 1. The van der Waals surface area contributed by atoms with E-state index < -0.39 is 0 Å². The van der Waals surface area contributed by atoms with Crippen molar-refractivity contribution in [3.8, 4) is 0 Å². The maximum absolute atomic E-state index is 6.02. The third-order valence-electron chi connectivity index (χ3n) is 3.40. The zero-order valence-electron chi connectivity index (χ0n) is 11.5. The highest BCUT2D eigenvalue weighted by molar-refractivity contribution is 7.10. The number of rotatable bonds is 6. The van der Waals surface area contributed by atoms with E-state index in [9.17, 15) is 0 Å². The van der Waals surface area contributed by atoms with Crippen molar-refractivity contribution in [3.05, 3.63) is 22.4 Å². The number of ether oxygens (including phenoxy) is 1. The first-order chi connectivity index (χ1) is 8.79. The van der Waals surface area contributed by atoms with Crippen LogP contribution >= 0.6 is 11.3 Å². The summed E-state index contributed by atoms with van der Waals surface area (Å²) in [7, 11) is 2.20. The van der Waals surface area contributed by atoms with Gasteiger partial charge in [0.1, 0.15) is 6.10 Å². The van der Waals surface area contributed by atoms with E-state index in [4.69, 9.17) is 4.74 Å². The molecule has 1 saturated heterocycles. The van der Waals surface area contributed by atoms with Crippen LogP contribution in [-0.4, -0.2) is 56.2 Å². The number of hydrogen-bond donors (Lipinski definition) is 0. The Balaban J connectivity index is 1.88. The zero-order valence-corrected chi connectivity index (χ0v) is 12.3. The van der Waals surface area contributed by atoms with Gasteiger partial charge in [0.25, 0.3) is 0 Å². The van der Waals surface area contributed by atoms with Gasteiger partial charge in [0, 0.05) is 44.2 Å². The maximum atomic E-state index is 6.02. The molecule has 1 fully saturated rings. The van der Waals surface area contributed by atoms with Crippen LogP contribution in [0, 0.1) is 0 Å². The van der Waals surface area contributed by atoms with Gasteiger partial charge in [0.15, 0.2) is 0 Å². The summed E-state index contributed by atoms with van der Waals surface area (Å²) in [5, 5.41) is 2.14. The SMILES string of the molecule is CCCOC(CN1CCN(C)CC1)c1cccs1. The van der Waals surface area contributed by atoms with Crippen LogP contribution in [0.3, 0.4) is 0 Å². The van der Waals surface area contributed by atoms with Crippen LogP contribution in [0.4, 0.5) is 0 Å². The van der Waals surface area contributed by atoms with Gasteiger partial charge in [-0.05, 0) is 24.9 Å². The average molecular weight is 268 g/mol. The highest BCUT2D eigenvalue weighted by Crippen LogP contribution is 2.24. The van der Waals surface area contributed by atoms with Crippen molar-refractivity contribution in [1.29, 1.82) is 0 Å². The molecule has 0 bridgehead atoms. The molecule has 4 heteroatoms. The Morgan fingerprint density at radius 1 is 1.33 bits per heavy atom. The van der Waals surface area contributed by atoms with E-state index in [-0.39, 0.29) is 6.10 Å². The van der Waals surface area contributed by atoms with Gasteiger partial charge in [-0.1, -0.05) is 13.0 Å². The standard InChI is InChI=1S/C14H24N2OS/c1-3-10-17-13(14-5-4-11-18-14)12-16-8-6-15(2)7-9-16/h4-5,11,13H,3,6-10,12H2,1-2H3. The largest absolute Gasteiger partial charge is 0.371 e. The second-order valence-corrected chi connectivity index (χ2v) is 5.96. The summed E-state index contributed by atoms with van der Waals surface area (Å²) in [5.74, 6) is 0. The Morgan fingerprint density at radius 2 is 2.11 bits per heavy atom. The van der Waals surface area contributed by atoms with Gasteiger partial charge in [0.05, 0.1) is 0 Å². The van der Waals surface area contributed by atoms with Gasteiger partial charge < -0.3 is 9.64 Å². The molecule has 1 atom stereocenters. The summed E-state index contributed by atoms with van der Waals surface area (Å²) in [6, 6.07) is 4.31. The molecule has 2 heterocycles. The van der Waals surface area contributed by atoms with Crippen LogP contribution in [0.2, 0.25) is 0 Å². The summed E-state index contributed by atoms with van der Waals surface area (Å²) in [4.78, 5) is 6.28. The molecule has 0 amide bonds. The van der Waals surface area contributed by atoms with Gasteiger partial charge in [-0.2, -0.15) is 0 Å². The molecule has 0 aliphatic carbocycles. The molecule has 1 aromatic rings. The normalized spacial score (nSPS) is 20.1. The van der Waals surface area contributed by atoms with E-state index in [0.29, 0.717) is 0 Å². The fourth-order valence-electron chi connectivity index (χ4n) is 2.22. The van der Waals surface area contributed by atoms with E-state index >= 15 is 0 Å². The molecule has 1 unspecified atom stereocenters. The van der Waals surface area contributed by atoms with E-state index in [1.165, 1.54) is 18.0 Å². The summed E-state index contributed by atoms with van der Waals surface area (Å²) < 4.78 is 6.02. The molecular weight excluding hydrogens is 244 g/mol. The van der Waals surface area contributed by atoms with Crippen molar-refractivity contribution in [2.45, 2.75) is 19.4 Å². The minimum atomic E-state index is 0.258. The lowest BCUT2D eigenvalue weighted by molar-refractivity contribution is 0.0167. The van der Waals surface area contributed by atoms with Crippen LogP contribution in [-0.2, 0) is 4.74 Å². The highest BCUT2D eigenvalue weighted by atomic mass is 32.1. The van der Waals surface area contributed by atoms with Gasteiger partial charge in [-0.3, -0.25) is 4.90 Å². The van der Waals surface area contributed by atoms with Crippen LogP contribution in [0.25, 0.3) is 0 Å². The molecule has 3 nitrogen and oxygen atoms in total. The van der Waals surface area contributed by atoms with Crippen LogP contribution < -0.4 is 0 Å². The molecule has 0 spiro atoms. The van der Waals surface area contributed by atoms with Crippen molar-refractivity contribution in [2.24, 2.45) is 0 Å². The number of nitrogens with zero attached hydrogens (tertiary/aromatic N) is 2. The minimum absolute atomic E-state index is 0.258.